The minimum Gasteiger partial charge on any atom is -0.383 e. The Hall–Kier alpha value is -0.880. The number of nitrogens with one attached hydrogen (secondary N) is 2. The molecule has 1 atom stereocenters. The Kier molecular flexibility index (Phi) is 5.48. The van der Waals surface area contributed by atoms with Crippen molar-refractivity contribution in [3.63, 3.8) is 0 Å². The average Bonchev–Trinajstić information content (AvgIpc) is 2.31. The molecule has 1 heterocycles. The summed E-state index contributed by atoms with van der Waals surface area (Å²) in [6.45, 7) is 2.76. The first-order chi connectivity index (χ1) is 7.72. The molecule has 1 aromatic heterocycles. The molecule has 6 heteroatoms. The maximum absolute atomic E-state index is 5.13. The van der Waals surface area contributed by atoms with Gasteiger partial charge >= 0.3 is 0 Å². The highest BCUT2D eigenvalue weighted by atomic mass is 79.9. The summed E-state index contributed by atoms with van der Waals surface area (Å²) in [7, 11) is 3.52. The van der Waals surface area contributed by atoms with Crippen LogP contribution in [0.4, 0.5) is 11.6 Å². The summed E-state index contributed by atoms with van der Waals surface area (Å²) in [6.07, 6.45) is 2.50. The van der Waals surface area contributed by atoms with Gasteiger partial charge in [-0.05, 0) is 22.4 Å². The largest absolute Gasteiger partial charge is 0.383 e. The van der Waals surface area contributed by atoms with Crippen LogP contribution in [-0.2, 0) is 4.74 Å². The van der Waals surface area contributed by atoms with Crippen molar-refractivity contribution in [3.8, 4) is 0 Å². The summed E-state index contributed by atoms with van der Waals surface area (Å²) in [4.78, 5) is 8.29. The van der Waals surface area contributed by atoms with E-state index in [2.05, 4.69) is 43.5 Å². The first-order valence-corrected chi connectivity index (χ1v) is 5.95. The van der Waals surface area contributed by atoms with Crippen LogP contribution >= 0.6 is 15.9 Å². The van der Waals surface area contributed by atoms with Gasteiger partial charge in [0.25, 0.3) is 0 Å². The summed E-state index contributed by atoms with van der Waals surface area (Å²) >= 11 is 3.46. The van der Waals surface area contributed by atoms with Gasteiger partial charge in [-0.25, -0.2) is 9.97 Å². The predicted octanol–water partition coefficient (Wildman–Crippen LogP) is 2.12. The number of ether oxygens (including phenoxy) is 1. The van der Waals surface area contributed by atoms with E-state index in [4.69, 9.17) is 4.74 Å². The molecule has 0 aromatic carbocycles. The van der Waals surface area contributed by atoms with E-state index >= 15 is 0 Å². The van der Waals surface area contributed by atoms with Crippen molar-refractivity contribution >= 4 is 27.6 Å². The van der Waals surface area contributed by atoms with E-state index in [0.717, 1.165) is 22.5 Å². The third-order valence-corrected chi connectivity index (χ3v) is 2.98. The van der Waals surface area contributed by atoms with Crippen LogP contribution in [-0.4, -0.2) is 36.8 Å². The van der Waals surface area contributed by atoms with E-state index in [0.29, 0.717) is 6.61 Å². The maximum atomic E-state index is 5.13. The number of hydrogen-bond acceptors (Lipinski definition) is 5. The lowest BCUT2D eigenvalue weighted by Crippen LogP contribution is -2.24. The molecular formula is C10H17BrN4O. The molecular weight excluding hydrogens is 272 g/mol. The van der Waals surface area contributed by atoms with E-state index in [-0.39, 0.29) is 6.04 Å². The third kappa shape index (κ3) is 3.31. The molecule has 0 bridgehead atoms. The van der Waals surface area contributed by atoms with Gasteiger partial charge in [0.2, 0.25) is 0 Å². The van der Waals surface area contributed by atoms with Crippen LogP contribution < -0.4 is 10.6 Å². The van der Waals surface area contributed by atoms with Gasteiger partial charge in [0, 0.05) is 14.2 Å². The highest BCUT2D eigenvalue weighted by molar-refractivity contribution is 9.10. The van der Waals surface area contributed by atoms with Gasteiger partial charge in [0.1, 0.15) is 22.4 Å². The number of methoxy groups -OCH3 is 1. The minimum atomic E-state index is 0.251. The molecule has 2 N–H and O–H groups in total. The molecule has 5 nitrogen and oxygen atoms in total. The fourth-order valence-electron chi connectivity index (χ4n) is 1.30. The first-order valence-electron chi connectivity index (χ1n) is 5.16. The van der Waals surface area contributed by atoms with Crippen LogP contribution in [0, 0.1) is 0 Å². The Morgan fingerprint density at radius 3 is 2.69 bits per heavy atom. The van der Waals surface area contributed by atoms with E-state index in [9.17, 15) is 0 Å². The summed E-state index contributed by atoms with van der Waals surface area (Å²) in [5.74, 6) is 1.55. The second-order valence-electron chi connectivity index (χ2n) is 3.34. The van der Waals surface area contributed by atoms with Gasteiger partial charge < -0.3 is 15.4 Å². The lowest BCUT2D eigenvalue weighted by molar-refractivity contribution is 0.184. The molecule has 16 heavy (non-hydrogen) atoms. The van der Waals surface area contributed by atoms with Crippen LogP contribution in [0.1, 0.15) is 13.3 Å². The fourth-order valence-corrected chi connectivity index (χ4v) is 1.82. The highest BCUT2D eigenvalue weighted by Crippen LogP contribution is 2.26. The standard InChI is InChI=1S/C10H17BrN4O/c1-4-7(5-16-3)15-10-8(11)9(12-2)13-6-14-10/h6-7H,4-5H2,1-3H3,(H2,12,13,14,15). The molecule has 1 aromatic rings. The molecule has 1 unspecified atom stereocenters. The van der Waals surface area contributed by atoms with Crippen LogP contribution in [0.5, 0.6) is 0 Å². The minimum absolute atomic E-state index is 0.251. The number of halogens is 1. The Morgan fingerprint density at radius 1 is 1.44 bits per heavy atom. The molecule has 0 spiro atoms. The number of rotatable bonds is 6. The predicted molar refractivity (Wildman–Crippen MR) is 68.9 cm³/mol. The number of anilines is 2. The molecule has 1 rings (SSSR count). The zero-order chi connectivity index (χ0) is 12.0. The van der Waals surface area contributed by atoms with Crippen LogP contribution in [0.2, 0.25) is 0 Å². The number of hydrogen-bond donors (Lipinski definition) is 2. The van der Waals surface area contributed by atoms with Crippen molar-refractivity contribution in [2.75, 3.05) is 31.4 Å². The van der Waals surface area contributed by atoms with Crippen LogP contribution in [0.25, 0.3) is 0 Å². The van der Waals surface area contributed by atoms with Crippen molar-refractivity contribution in [1.29, 1.82) is 0 Å². The van der Waals surface area contributed by atoms with E-state index in [1.165, 1.54) is 6.33 Å². The monoisotopic (exact) mass is 288 g/mol. The number of nitrogens with zero attached hydrogens (tertiary/aromatic N) is 2. The second kappa shape index (κ2) is 6.65. The molecule has 0 radical (unpaired) electrons. The van der Waals surface area contributed by atoms with Gasteiger partial charge in [-0.2, -0.15) is 0 Å². The lowest BCUT2D eigenvalue weighted by atomic mass is 10.2. The molecule has 0 fully saturated rings. The van der Waals surface area contributed by atoms with Crippen molar-refractivity contribution in [1.82, 2.24) is 9.97 Å². The van der Waals surface area contributed by atoms with Gasteiger partial charge in [-0.15, -0.1) is 0 Å². The Morgan fingerprint density at radius 2 is 2.12 bits per heavy atom. The Bertz CT molecular complexity index is 335. The van der Waals surface area contributed by atoms with Crippen molar-refractivity contribution in [2.24, 2.45) is 0 Å². The normalized spacial score (nSPS) is 12.2. The number of aromatic nitrogens is 2. The summed E-state index contributed by atoms with van der Waals surface area (Å²) in [5, 5.41) is 6.30. The van der Waals surface area contributed by atoms with Crippen LogP contribution in [0.3, 0.4) is 0 Å². The van der Waals surface area contributed by atoms with Gasteiger partial charge in [0.15, 0.2) is 0 Å². The molecule has 0 aliphatic carbocycles. The average molecular weight is 289 g/mol. The zero-order valence-corrected chi connectivity index (χ0v) is 11.3. The van der Waals surface area contributed by atoms with Crippen LogP contribution in [0.15, 0.2) is 10.8 Å². The molecule has 0 saturated heterocycles. The van der Waals surface area contributed by atoms with Crippen molar-refractivity contribution in [2.45, 2.75) is 19.4 Å². The first kappa shape index (κ1) is 13.2. The Labute approximate surface area is 104 Å². The van der Waals surface area contributed by atoms with Crippen molar-refractivity contribution < 1.29 is 4.74 Å². The van der Waals surface area contributed by atoms with Crippen molar-refractivity contribution in [3.05, 3.63) is 10.8 Å². The van der Waals surface area contributed by atoms with Gasteiger partial charge in [-0.1, -0.05) is 6.92 Å². The maximum Gasteiger partial charge on any atom is 0.146 e. The molecule has 0 saturated carbocycles. The molecule has 0 amide bonds. The van der Waals surface area contributed by atoms with Gasteiger partial charge in [0.05, 0.1) is 12.6 Å². The van der Waals surface area contributed by atoms with Gasteiger partial charge in [-0.3, -0.25) is 0 Å². The summed E-state index contributed by atoms with van der Waals surface area (Å²) in [5.41, 5.74) is 0. The third-order valence-electron chi connectivity index (χ3n) is 2.23. The Balaban J connectivity index is 2.79. The molecule has 90 valence electrons. The van der Waals surface area contributed by atoms with E-state index in [1.807, 2.05) is 7.05 Å². The molecule has 0 aliphatic rings. The summed E-state index contributed by atoms with van der Waals surface area (Å²) < 4.78 is 5.97. The fraction of sp³-hybridized carbons (Fsp3) is 0.600. The quantitative estimate of drug-likeness (QED) is 0.840. The topological polar surface area (TPSA) is 59.1 Å². The second-order valence-corrected chi connectivity index (χ2v) is 4.13. The van der Waals surface area contributed by atoms with E-state index in [1.54, 1.807) is 7.11 Å². The summed E-state index contributed by atoms with van der Waals surface area (Å²) in [6, 6.07) is 0.251. The SMILES string of the molecule is CCC(COC)Nc1ncnc(NC)c1Br. The molecule has 0 aliphatic heterocycles. The smallest absolute Gasteiger partial charge is 0.146 e. The lowest BCUT2D eigenvalue weighted by Gasteiger charge is -2.17. The van der Waals surface area contributed by atoms with E-state index < -0.39 is 0 Å². The zero-order valence-electron chi connectivity index (χ0n) is 9.75. The highest BCUT2D eigenvalue weighted by Gasteiger charge is 2.11.